The Hall–Kier alpha value is -1.17. The van der Waals surface area contributed by atoms with Crippen molar-refractivity contribution in [2.75, 3.05) is 17.6 Å². The lowest BCUT2D eigenvalue weighted by Gasteiger charge is -2.16. The minimum Gasteiger partial charge on any atom is -0.257 e. The molecule has 0 spiro atoms. The Kier molecular flexibility index (Phi) is 3.28. The number of anilines is 1. The summed E-state index contributed by atoms with van der Waals surface area (Å²) >= 11 is 0. The average molecular weight is 229 g/mol. The SMILES string of the molecule is CC(C)c1nccc(N(C)S(C)(=O)=O)n1. The summed E-state index contributed by atoms with van der Waals surface area (Å²) in [5.74, 6) is 1.22. The van der Waals surface area contributed by atoms with Crippen LogP contribution >= 0.6 is 0 Å². The molecule has 1 aromatic heterocycles. The van der Waals surface area contributed by atoms with Crippen molar-refractivity contribution >= 4 is 15.8 Å². The minimum atomic E-state index is -3.26. The van der Waals surface area contributed by atoms with Gasteiger partial charge in [0.15, 0.2) is 0 Å². The van der Waals surface area contributed by atoms with E-state index in [2.05, 4.69) is 9.97 Å². The lowest BCUT2D eigenvalue weighted by atomic mass is 10.2. The molecule has 0 saturated carbocycles. The summed E-state index contributed by atoms with van der Waals surface area (Å²) in [6.07, 6.45) is 2.71. The summed E-state index contributed by atoms with van der Waals surface area (Å²) in [6, 6.07) is 1.58. The highest BCUT2D eigenvalue weighted by molar-refractivity contribution is 7.92. The predicted molar refractivity (Wildman–Crippen MR) is 59.4 cm³/mol. The third kappa shape index (κ3) is 2.89. The zero-order valence-electron chi connectivity index (χ0n) is 9.30. The second-order valence-electron chi connectivity index (χ2n) is 3.66. The van der Waals surface area contributed by atoms with Crippen LogP contribution in [0.1, 0.15) is 25.6 Å². The van der Waals surface area contributed by atoms with E-state index in [1.54, 1.807) is 12.3 Å². The number of rotatable bonds is 3. The number of sulfonamides is 1. The maximum Gasteiger partial charge on any atom is 0.233 e. The van der Waals surface area contributed by atoms with Gasteiger partial charge in [0.1, 0.15) is 11.6 Å². The average Bonchev–Trinajstić information content (AvgIpc) is 2.15. The van der Waals surface area contributed by atoms with Crippen LogP contribution in [0.5, 0.6) is 0 Å². The number of hydrogen-bond acceptors (Lipinski definition) is 4. The van der Waals surface area contributed by atoms with E-state index in [0.717, 1.165) is 10.6 Å². The van der Waals surface area contributed by atoms with Crippen molar-refractivity contribution in [3.05, 3.63) is 18.1 Å². The van der Waals surface area contributed by atoms with Crippen molar-refractivity contribution in [3.8, 4) is 0 Å². The van der Waals surface area contributed by atoms with Gasteiger partial charge in [-0.3, -0.25) is 4.31 Å². The third-order valence-electron chi connectivity index (χ3n) is 2.00. The number of nitrogens with zero attached hydrogens (tertiary/aromatic N) is 3. The molecule has 5 nitrogen and oxygen atoms in total. The van der Waals surface area contributed by atoms with Crippen LogP contribution in [0.3, 0.4) is 0 Å². The molecular weight excluding hydrogens is 214 g/mol. The molecule has 0 N–H and O–H groups in total. The molecule has 0 bridgehead atoms. The van der Waals surface area contributed by atoms with Gasteiger partial charge in [-0.2, -0.15) is 0 Å². The Bertz CT molecular complexity index is 442. The topological polar surface area (TPSA) is 63.2 Å². The molecule has 0 aromatic carbocycles. The molecule has 0 saturated heterocycles. The highest BCUT2D eigenvalue weighted by Gasteiger charge is 2.14. The molecule has 0 fully saturated rings. The van der Waals surface area contributed by atoms with Crippen LogP contribution in [-0.4, -0.2) is 31.7 Å². The van der Waals surface area contributed by atoms with Crippen molar-refractivity contribution in [3.63, 3.8) is 0 Å². The first-order chi connectivity index (χ1) is 6.82. The fraction of sp³-hybridized carbons (Fsp3) is 0.556. The molecule has 1 rings (SSSR count). The van der Waals surface area contributed by atoms with E-state index in [-0.39, 0.29) is 5.92 Å². The third-order valence-corrected chi connectivity index (χ3v) is 3.18. The van der Waals surface area contributed by atoms with E-state index in [1.807, 2.05) is 13.8 Å². The van der Waals surface area contributed by atoms with Gasteiger partial charge in [-0.1, -0.05) is 13.8 Å². The molecular formula is C9H15N3O2S. The van der Waals surface area contributed by atoms with Crippen LogP contribution in [0.2, 0.25) is 0 Å². The maximum absolute atomic E-state index is 11.3. The first-order valence-electron chi connectivity index (χ1n) is 4.59. The molecule has 1 heterocycles. The van der Waals surface area contributed by atoms with Gasteiger partial charge in [0, 0.05) is 25.2 Å². The molecule has 15 heavy (non-hydrogen) atoms. The van der Waals surface area contributed by atoms with Gasteiger partial charge in [0.2, 0.25) is 10.0 Å². The first kappa shape index (κ1) is 11.9. The fourth-order valence-electron chi connectivity index (χ4n) is 0.987. The summed E-state index contributed by atoms with van der Waals surface area (Å²) in [5, 5.41) is 0. The number of hydrogen-bond donors (Lipinski definition) is 0. The molecule has 6 heteroatoms. The van der Waals surface area contributed by atoms with Gasteiger partial charge < -0.3 is 0 Å². The molecule has 0 aliphatic carbocycles. The van der Waals surface area contributed by atoms with Gasteiger partial charge >= 0.3 is 0 Å². The van der Waals surface area contributed by atoms with E-state index < -0.39 is 10.0 Å². The van der Waals surface area contributed by atoms with Crippen LogP contribution in [0.4, 0.5) is 5.82 Å². The summed E-state index contributed by atoms with van der Waals surface area (Å²) in [4.78, 5) is 8.25. The highest BCUT2D eigenvalue weighted by Crippen LogP contribution is 2.15. The number of aromatic nitrogens is 2. The van der Waals surface area contributed by atoms with Crippen LogP contribution in [-0.2, 0) is 10.0 Å². The van der Waals surface area contributed by atoms with Crippen molar-refractivity contribution in [2.24, 2.45) is 0 Å². The predicted octanol–water partition coefficient (Wildman–Crippen LogP) is 0.996. The van der Waals surface area contributed by atoms with Gasteiger partial charge in [0.25, 0.3) is 0 Å². The smallest absolute Gasteiger partial charge is 0.233 e. The molecule has 0 radical (unpaired) electrons. The Balaban J connectivity index is 3.11. The minimum absolute atomic E-state index is 0.179. The fourth-order valence-corrected chi connectivity index (χ4v) is 1.43. The van der Waals surface area contributed by atoms with Crippen LogP contribution in [0.25, 0.3) is 0 Å². The Labute approximate surface area is 90.2 Å². The van der Waals surface area contributed by atoms with E-state index in [4.69, 9.17) is 0 Å². The molecule has 0 amide bonds. The van der Waals surface area contributed by atoms with E-state index >= 15 is 0 Å². The molecule has 84 valence electrons. The summed E-state index contributed by atoms with van der Waals surface area (Å²) in [6.45, 7) is 3.92. The normalized spacial score (nSPS) is 11.8. The van der Waals surface area contributed by atoms with Gasteiger partial charge in [0.05, 0.1) is 6.26 Å². The highest BCUT2D eigenvalue weighted by atomic mass is 32.2. The summed E-state index contributed by atoms with van der Waals surface area (Å²) in [5.41, 5.74) is 0. The first-order valence-corrected chi connectivity index (χ1v) is 6.44. The molecule has 1 aromatic rings. The quantitative estimate of drug-likeness (QED) is 0.775. The Morgan fingerprint density at radius 2 is 2.00 bits per heavy atom. The van der Waals surface area contributed by atoms with E-state index in [0.29, 0.717) is 11.6 Å². The second-order valence-corrected chi connectivity index (χ2v) is 5.67. The monoisotopic (exact) mass is 229 g/mol. The molecule has 0 unspecified atom stereocenters. The lowest BCUT2D eigenvalue weighted by molar-refractivity contribution is 0.599. The van der Waals surface area contributed by atoms with E-state index in [1.165, 1.54) is 7.05 Å². The van der Waals surface area contributed by atoms with Crippen molar-refractivity contribution in [1.82, 2.24) is 9.97 Å². The summed E-state index contributed by atoms with van der Waals surface area (Å²) < 4.78 is 23.7. The maximum atomic E-state index is 11.3. The second kappa shape index (κ2) is 4.14. The van der Waals surface area contributed by atoms with Gasteiger partial charge in [-0.05, 0) is 0 Å². The Morgan fingerprint density at radius 3 is 2.47 bits per heavy atom. The van der Waals surface area contributed by atoms with Crippen LogP contribution < -0.4 is 4.31 Å². The van der Waals surface area contributed by atoms with Gasteiger partial charge in [-0.25, -0.2) is 18.4 Å². The molecule has 0 aliphatic rings. The largest absolute Gasteiger partial charge is 0.257 e. The molecule has 0 aliphatic heterocycles. The van der Waals surface area contributed by atoms with Crippen molar-refractivity contribution in [2.45, 2.75) is 19.8 Å². The van der Waals surface area contributed by atoms with E-state index in [9.17, 15) is 8.42 Å². The summed E-state index contributed by atoms with van der Waals surface area (Å²) in [7, 11) is -1.78. The zero-order valence-corrected chi connectivity index (χ0v) is 10.1. The van der Waals surface area contributed by atoms with Crippen molar-refractivity contribution in [1.29, 1.82) is 0 Å². The van der Waals surface area contributed by atoms with Crippen LogP contribution in [0, 0.1) is 0 Å². The lowest BCUT2D eigenvalue weighted by Crippen LogP contribution is -2.26. The standard InChI is InChI=1S/C9H15N3O2S/c1-7(2)9-10-6-5-8(11-9)12(3)15(4,13)14/h5-7H,1-4H3. The Morgan fingerprint density at radius 1 is 1.40 bits per heavy atom. The van der Waals surface area contributed by atoms with Crippen molar-refractivity contribution < 1.29 is 8.42 Å². The van der Waals surface area contributed by atoms with Gasteiger partial charge in [-0.15, -0.1) is 0 Å². The van der Waals surface area contributed by atoms with Crippen LogP contribution in [0.15, 0.2) is 12.3 Å². The molecule has 0 atom stereocenters. The zero-order chi connectivity index (χ0) is 11.6.